The molecule has 9 rings (SSSR count). The average Bonchev–Trinajstić information content (AvgIpc) is 3.46. The molecule has 3 aliphatic rings. The zero-order valence-electron chi connectivity index (χ0n) is 33.0. The molecule has 1 unspecified atom stereocenters. The predicted octanol–water partition coefficient (Wildman–Crippen LogP) is 5.32. The van der Waals surface area contributed by atoms with E-state index in [4.69, 9.17) is 9.47 Å². The lowest BCUT2D eigenvalue weighted by atomic mass is 9.90. The fourth-order valence-corrected chi connectivity index (χ4v) is 8.89. The first kappa shape index (κ1) is 39.0. The molecule has 17 heteroatoms. The van der Waals surface area contributed by atoms with Crippen LogP contribution in [0, 0.1) is 5.82 Å². The van der Waals surface area contributed by atoms with Crippen molar-refractivity contribution in [3.63, 3.8) is 0 Å². The number of hydrogen-bond donors (Lipinski definition) is 1. The third-order valence-electron chi connectivity index (χ3n) is 11.8. The molecule has 0 spiro atoms. The van der Waals surface area contributed by atoms with E-state index >= 15 is 13.2 Å². The lowest BCUT2D eigenvalue weighted by molar-refractivity contribution is -0.135. The van der Waals surface area contributed by atoms with Crippen molar-refractivity contribution in [1.82, 2.24) is 28.9 Å². The summed E-state index contributed by atoms with van der Waals surface area (Å²) < 4.78 is 78.7. The summed E-state index contributed by atoms with van der Waals surface area (Å²) in [7, 11) is 5.98. The van der Waals surface area contributed by atoms with Gasteiger partial charge in [0.1, 0.15) is 35.3 Å². The van der Waals surface area contributed by atoms with Gasteiger partial charge < -0.3 is 18.9 Å². The molecule has 0 bridgehead atoms. The van der Waals surface area contributed by atoms with Crippen LogP contribution in [0.15, 0.2) is 70.5 Å². The minimum atomic E-state index is -3.65. The van der Waals surface area contributed by atoms with Crippen molar-refractivity contribution in [3.8, 4) is 33.8 Å². The van der Waals surface area contributed by atoms with Crippen LogP contribution in [0.1, 0.15) is 35.6 Å². The van der Waals surface area contributed by atoms with Gasteiger partial charge in [-0.15, -0.1) is 0 Å². The van der Waals surface area contributed by atoms with Crippen molar-refractivity contribution in [2.24, 2.45) is 14.1 Å². The standard InChI is InChI=1S/C43H39F4N7O6/c1-50-19-29(27-14-35(53-17-24(44)18-53)48-15-28(27)41(50)57)23-12-33(59-3)30(34(13-23)60-4)20-52-16-22-8-9-25(38(45)37(22)43(46,47)21-52)26-6-5-7-31-39(26)51(2)42(58)54(31)32-10-11-36(55)49-40(32)56/h5-9,12-15,19,24,32H,10-11,16-18,20-21H2,1-4H3,(H,49,55,56). The van der Waals surface area contributed by atoms with Gasteiger partial charge in [0.05, 0.1) is 61.4 Å². The number of rotatable bonds is 8. The van der Waals surface area contributed by atoms with E-state index in [1.54, 1.807) is 48.5 Å². The molecule has 3 aromatic carbocycles. The number of anilines is 1. The van der Waals surface area contributed by atoms with Crippen LogP contribution in [0.2, 0.25) is 0 Å². The summed E-state index contributed by atoms with van der Waals surface area (Å²) in [6.07, 6.45) is 2.33. The van der Waals surface area contributed by atoms with Crippen molar-refractivity contribution >= 4 is 39.4 Å². The van der Waals surface area contributed by atoms with E-state index in [1.165, 1.54) is 64.3 Å². The predicted molar refractivity (Wildman–Crippen MR) is 215 cm³/mol. The molecule has 1 N–H and O–H groups in total. The van der Waals surface area contributed by atoms with Crippen LogP contribution < -0.4 is 30.9 Å². The summed E-state index contributed by atoms with van der Waals surface area (Å²) in [4.78, 5) is 58.9. The number of imide groups is 1. The van der Waals surface area contributed by atoms with Crippen molar-refractivity contribution in [2.45, 2.75) is 44.1 Å². The molecule has 0 radical (unpaired) electrons. The zero-order chi connectivity index (χ0) is 42.4. The van der Waals surface area contributed by atoms with Crippen molar-refractivity contribution < 1.29 is 36.6 Å². The molecule has 2 saturated heterocycles. The van der Waals surface area contributed by atoms with Crippen molar-refractivity contribution in [1.29, 1.82) is 0 Å². The van der Waals surface area contributed by atoms with Crippen molar-refractivity contribution in [2.75, 3.05) is 38.8 Å². The molecule has 13 nitrogen and oxygen atoms in total. The highest BCUT2D eigenvalue weighted by molar-refractivity contribution is 6.01. The van der Waals surface area contributed by atoms with Crippen LogP contribution in [0.4, 0.5) is 23.4 Å². The fourth-order valence-electron chi connectivity index (χ4n) is 8.89. The number of aryl methyl sites for hydroxylation is 2. The molecular formula is C43H39F4N7O6. The van der Waals surface area contributed by atoms with Gasteiger partial charge in [-0.2, -0.15) is 8.78 Å². The van der Waals surface area contributed by atoms with E-state index < -0.39 is 53.6 Å². The molecule has 3 aliphatic heterocycles. The number of para-hydroxylation sites is 1. The van der Waals surface area contributed by atoms with Crippen LogP contribution in [0.3, 0.4) is 0 Å². The average molecular weight is 826 g/mol. The van der Waals surface area contributed by atoms with E-state index in [1.807, 2.05) is 0 Å². The first-order valence-electron chi connectivity index (χ1n) is 19.3. The Morgan fingerprint density at radius 2 is 1.67 bits per heavy atom. The molecule has 0 saturated carbocycles. The Kier molecular flexibility index (Phi) is 9.33. The highest BCUT2D eigenvalue weighted by Crippen LogP contribution is 2.45. The number of aromatic nitrogens is 4. The van der Waals surface area contributed by atoms with E-state index in [9.17, 15) is 23.6 Å². The lowest BCUT2D eigenvalue weighted by Crippen LogP contribution is -2.48. The van der Waals surface area contributed by atoms with Gasteiger partial charge in [-0.25, -0.2) is 18.6 Å². The van der Waals surface area contributed by atoms with Gasteiger partial charge in [0.2, 0.25) is 11.8 Å². The van der Waals surface area contributed by atoms with Gasteiger partial charge in [0.15, 0.2) is 0 Å². The Morgan fingerprint density at radius 1 is 0.933 bits per heavy atom. The number of nitrogens with zero attached hydrogens (tertiary/aromatic N) is 6. The van der Waals surface area contributed by atoms with Gasteiger partial charge in [-0.1, -0.05) is 24.3 Å². The summed E-state index contributed by atoms with van der Waals surface area (Å²) in [5, 5.41) is 3.20. The van der Waals surface area contributed by atoms with Gasteiger partial charge in [0.25, 0.3) is 11.5 Å². The van der Waals surface area contributed by atoms with E-state index in [0.717, 1.165) is 0 Å². The van der Waals surface area contributed by atoms with Crippen LogP contribution in [0.25, 0.3) is 44.1 Å². The number of halogens is 4. The van der Waals surface area contributed by atoms with Gasteiger partial charge in [0, 0.05) is 68.1 Å². The number of ether oxygens (including phenoxy) is 2. The van der Waals surface area contributed by atoms with Gasteiger partial charge in [-0.05, 0) is 41.8 Å². The Labute approximate surface area is 339 Å². The second-order valence-corrected chi connectivity index (χ2v) is 15.6. The molecule has 60 heavy (non-hydrogen) atoms. The number of imidazole rings is 1. The lowest BCUT2D eigenvalue weighted by Gasteiger charge is -2.35. The molecule has 310 valence electrons. The Bertz CT molecular complexity index is 2890. The number of benzene rings is 3. The molecule has 2 fully saturated rings. The summed E-state index contributed by atoms with van der Waals surface area (Å²) in [6, 6.07) is 11.8. The number of pyridine rings is 2. The third-order valence-corrected chi connectivity index (χ3v) is 11.8. The maximum Gasteiger partial charge on any atom is 0.329 e. The first-order valence-corrected chi connectivity index (χ1v) is 19.3. The second-order valence-electron chi connectivity index (χ2n) is 15.6. The number of methoxy groups -OCH3 is 2. The minimum absolute atomic E-state index is 0.0338. The smallest absolute Gasteiger partial charge is 0.329 e. The number of nitrogens with one attached hydrogen (secondary N) is 1. The van der Waals surface area contributed by atoms with Crippen LogP contribution in [-0.4, -0.2) is 75.4 Å². The van der Waals surface area contributed by atoms with E-state index in [-0.39, 0.29) is 66.8 Å². The van der Waals surface area contributed by atoms with Crippen LogP contribution in [0.5, 0.6) is 11.5 Å². The van der Waals surface area contributed by atoms with Crippen LogP contribution in [-0.2, 0) is 42.7 Å². The molecular weight excluding hydrogens is 787 g/mol. The summed E-state index contributed by atoms with van der Waals surface area (Å²) in [6.45, 7) is -0.528. The molecule has 6 heterocycles. The molecule has 2 amide bonds. The van der Waals surface area contributed by atoms with Gasteiger partial charge >= 0.3 is 5.69 Å². The highest BCUT2D eigenvalue weighted by Gasteiger charge is 2.44. The molecule has 1 atom stereocenters. The third kappa shape index (κ3) is 6.21. The Morgan fingerprint density at radius 3 is 2.35 bits per heavy atom. The molecule has 0 aliphatic carbocycles. The van der Waals surface area contributed by atoms with E-state index in [0.29, 0.717) is 50.3 Å². The first-order chi connectivity index (χ1) is 28.7. The van der Waals surface area contributed by atoms with Gasteiger partial charge in [-0.3, -0.25) is 33.7 Å². The van der Waals surface area contributed by atoms with E-state index in [2.05, 4.69) is 10.3 Å². The Hall–Kier alpha value is -6.49. The quantitative estimate of drug-likeness (QED) is 0.160. The normalized spacial score (nSPS) is 18.1. The summed E-state index contributed by atoms with van der Waals surface area (Å²) in [5.41, 5.74) is 0.836. The monoisotopic (exact) mass is 825 g/mol. The second kappa shape index (κ2) is 14.4. The molecule has 3 aromatic heterocycles. The minimum Gasteiger partial charge on any atom is -0.496 e. The highest BCUT2D eigenvalue weighted by atomic mass is 19.3. The number of fused-ring (bicyclic) bond motifs is 3. The van der Waals surface area contributed by atoms with Crippen LogP contribution >= 0.6 is 0 Å². The van der Waals surface area contributed by atoms with Crippen molar-refractivity contribution in [3.05, 3.63) is 104 Å². The topological polar surface area (TPSA) is 133 Å². The maximum atomic E-state index is 16.7. The maximum absolute atomic E-state index is 16.7. The molecule has 6 aromatic rings. The number of piperidine rings is 1. The SMILES string of the molecule is COc1cc(-c2cn(C)c(=O)c3cnc(N4CC(F)C4)cc23)cc(OC)c1CN1Cc2ccc(-c3cccc4c3n(C)c(=O)n4C3CCC(=O)NC3=O)c(F)c2C(F)(F)C1. The summed E-state index contributed by atoms with van der Waals surface area (Å²) >= 11 is 0. The summed E-state index contributed by atoms with van der Waals surface area (Å²) in [5.74, 6) is -4.64. The Balaban J connectivity index is 1.06. The number of alkyl halides is 3. The zero-order valence-corrected chi connectivity index (χ0v) is 33.0. The number of amides is 2. The largest absolute Gasteiger partial charge is 0.496 e. The number of hydrogen-bond acceptors (Lipinski definition) is 9. The number of carbonyl (C=O) groups is 2. The fraction of sp³-hybridized carbons (Fsp3) is 0.326. The number of carbonyl (C=O) groups excluding carboxylic acids is 2.